The van der Waals surface area contributed by atoms with E-state index in [0.29, 0.717) is 5.95 Å². The number of pyridine rings is 1. The number of nitrogens with zero attached hydrogens (tertiary/aromatic N) is 4. The van der Waals surface area contributed by atoms with Crippen LogP contribution in [0.25, 0.3) is 0 Å². The Balaban J connectivity index is 1.70. The van der Waals surface area contributed by atoms with Crippen molar-refractivity contribution in [2.45, 2.75) is 19.4 Å². The van der Waals surface area contributed by atoms with Gasteiger partial charge in [-0.1, -0.05) is 6.92 Å². The van der Waals surface area contributed by atoms with Crippen LogP contribution in [0.4, 0.5) is 5.95 Å². The van der Waals surface area contributed by atoms with Crippen molar-refractivity contribution in [2.75, 3.05) is 38.2 Å². The predicted octanol–water partition coefficient (Wildman–Crippen LogP) is 1.92. The van der Waals surface area contributed by atoms with Crippen molar-refractivity contribution < 1.29 is 4.74 Å². The second kappa shape index (κ2) is 7.99. The van der Waals surface area contributed by atoms with E-state index in [0.717, 1.165) is 44.8 Å². The molecule has 0 amide bonds. The van der Waals surface area contributed by atoms with E-state index in [4.69, 9.17) is 4.74 Å². The molecule has 1 atom stereocenters. The molecule has 3 rings (SSSR count). The van der Waals surface area contributed by atoms with Crippen LogP contribution in [0.3, 0.4) is 0 Å². The Hall–Kier alpha value is -2.05. The third-order valence-corrected chi connectivity index (χ3v) is 4.14. The van der Waals surface area contributed by atoms with Crippen molar-refractivity contribution in [3.05, 3.63) is 48.0 Å². The summed E-state index contributed by atoms with van der Waals surface area (Å²) in [7, 11) is 0. The summed E-state index contributed by atoms with van der Waals surface area (Å²) < 4.78 is 5.47. The first-order chi connectivity index (χ1) is 11.4. The lowest BCUT2D eigenvalue weighted by Gasteiger charge is -2.34. The average molecular weight is 313 g/mol. The van der Waals surface area contributed by atoms with Crippen LogP contribution >= 0.6 is 0 Å². The van der Waals surface area contributed by atoms with Crippen molar-refractivity contribution in [3.8, 4) is 0 Å². The molecule has 1 saturated heterocycles. The van der Waals surface area contributed by atoms with Gasteiger partial charge >= 0.3 is 0 Å². The summed E-state index contributed by atoms with van der Waals surface area (Å²) in [5.74, 6) is 0.675. The molecule has 0 unspecified atom stereocenters. The molecule has 1 fully saturated rings. The van der Waals surface area contributed by atoms with Crippen molar-refractivity contribution in [3.63, 3.8) is 0 Å². The van der Waals surface area contributed by atoms with Gasteiger partial charge < -0.3 is 10.1 Å². The van der Waals surface area contributed by atoms with Gasteiger partial charge in [0.2, 0.25) is 5.95 Å². The molecule has 6 heteroatoms. The zero-order valence-electron chi connectivity index (χ0n) is 13.5. The third kappa shape index (κ3) is 4.24. The van der Waals surface area contributed by atoms with Crippen molar-refractivity contribution in [2.24, 2.45) is 0 Å². The summed E-state index contributed by atoms with van der Waals surface area (Å²) in [4.78, 5) is 15.3. The van der Waals surface area contributed by atoms with Gasteiger partial charge in [-0.25, -0.2) is 9.97 Å². The third-order valence-electron chi connectivity index (χ3n) is 4.14. The molecular weight excluding hydrogens is 290 g/mol. The quantitative estimate of drug-likeness (QED) is 0.879. The molecule has 0 radical (unpaired) electrons. The second-order valence-corrected chi connectivity index (χ2v) is 5.59. The number of nitrogens with one attached hydrogen (secondary N) is 1. The van der Waals surface area contributed by atoms with Crippen LogP contribution in [-0.2, 0) is 11.2 Å². The monoisotopic (exact) mass is 313 g/mol. The number of aryl methyl sites for hydroxylation is 1. The Morgan fingerprint density at radius 3 is 2.52 bits per heavy atom. The van der Waals surface area contributed by atoms with Gasteiger partial charge in [-0.3, -0.25) is 9.88 Å². The van der Waals surface area contributed by atoms with Gasteiger partial charge in [-0.05, 0) is 29.7 Å². The van der Waals surface area contributed by atoms with Crippen molar-refractivity contribution >= 4 is 5.95 Å². The van der Waals surface area contributed by atoms with Gasteiger partial charge in [-0.15, -0.1) is 0 Å². The first-order valence-electron chi connectivity index (χ1n) is 8.13. The lowest BCUT2D eigenvalue weighted by molar-refractivity contribution is 0.0186. The molecule has 0 spiro atoms. The van der Waals surface area contributed by atoms with Crippen LogP contribution in [0, 0.1) is 0 Å². The van der Waals surface area contributed by atoms with E-state index in [-0.39, 0.29) is 6.04 Å². The lowest BCUT2D eigenvalue weighted by atomic mass is 10.1. The number of ether oxygens (including phenoxy) is 1. The first-order valence-corrected chi connectivity index (χ1v) is 8.13. The van der Waals surface area contributed by atoms with Crippen LogP contribution < -0.4 is 5.32 Å². The number of hydrogen-bond donors (Lipinski definition) is 1. The molecule has 3 heterocycles. The summed E-state index contributed by atoms with van der Waals surface area (Å²) in [6.45, 7) is 6.29. The minimum Gasteiger partial charge on any atom is -0.379 e. The van der Waals surface area contributed by atoms with E-state index in [1.54, 1.807) is 0 Å². The summed E-state index contributed by atoms with van der Waals surface area (Å²) in [5.41, 5.74) is 2.40. The van der Waals surface area contributed by atoms with Crippen LogP contribution in [0.1, 0.15) is 24.1 Å². The average Bonchev–Trinajstić information content (AvgIpc) is 2.64. The number of rotatable bonds is 6. The zero-order chi connectivity index (χ0) is 15.9. The van der Waals surface area contributed by atoms with Crippen molar-refractivity contribution in [1.82, 2.24) is 19.9 Å². The molecule has 0 bridgehead atoms. The number of aromatic nitrogens is 3. The Bertz CT molecular complexity index is 584. The first kappa shape index (κ1) is 15.8. The minimum absolute atomic E-state index is 0.261. The highest BCUT2D eigenvalue weighted by atomic mass is 16.5. The van der Waals surface area contributed by atoms with E-state index in [1.807, 2.05) is 24.8 Å². The van der Waals surface area contributed by atoms with Gasteiger partial charge in [0.05, 0.1) is 19.3 Å². The molecule has 6 nitrogen and oxygen atoms in total. The van der Waals surface area contributed by atoms with Gasteiger partial charge in [0, 0.05) is 44.4 Å². The molecule has 2 aromatic rings. The van der Waals surface area contributed by atoms with E-state index in [1.165, 1.54) is 5.56 Å². The fourth-order valence-electron chi connectivity index (χ4n) is 2.75. The summed E-state index contributed by atoms with van der Waals surface area (Å²) in [6, 6.07) is 4.41. The molecular formula is C17H23N5O. The SMILES string of the molecule is CCc1cnc(NC[C@H](c2ccncc2)N2CCOCC2)nc1. The highest BCUT2D eigenvalue weighted by molar-refractivity contribution is 5.27. The summed E-state index contributed by atoms with van der Waals surface area (Å²) in [5, 5.41) is 3.37. The standard InChI is InChI=1S/C17H23N5O/c1-2-14-11-19-17(20-12-14)21-13-16(15-3-5-18-6-4-15)22-7-9-23-10-8-22/h3-6,11-12,16H,2,7-10,13H2,1H3,(H,19,20,21)/t16-/m1/s1. The molecule has 2 aromatic heterocycles. The predicted molar refractivity (Wildman–Crippen MR) is 89.3 cm³/mol. The normalized spacial score (nSPS) is 16.9. The van der Waals surface area contributed by atoms with Crippen LogP contribution in [0.5, 0.6) is 0 Å². The molecule has 1 aliphatic rings. The van der Waals surface area contributed by atoms with E-state index >= 15 is 0 Å². The van der Waals surface area contributed by atoms with Gasteiger partial charge in [0.1, 0.15) is 0 Å². The summed E-state index contributed by atoms with van der Waals surface area (Å²) >= 11 is 0. The highest BCUT2D eigenvalue weighted by Crippen LogP contribution is 2.21. The molecule has 23 heavy (non-hydrogen) atoms. The van der Waals surface area contributed by atoms with Crippen LogP contribution in [-0.4, -0.2) is 52.7 Å². The maximum Gasteiger partial charge on any atom is 0.222 e. The lowest BCUT2D eigenvalue weighted by Crippen LogP contribution is -2.41. The molecule has 0 saturated carbocycles. The largest absolute Gasteiger partial charge is 0.379 e. The smallest absolute Gasteiger partial charge is 0.222 e. The number of morpholine rings is 1. The van der Waals surface area contributed by atoms with Gasteiger partial charge in [0.25, 0.3) is 0 Å². The fourth-order valence-corrected chi connectivity index (χ4v) is 2.75. The van der Waals surface area contributed by atoms with Gasteiger partial charge in [-0.2, -0.15) is 0 Å². The minimum atomic E-state index is 0.261. The molecule has 0 aliphatic carbocycles. The Labute approximate surface area is 136 Å². The summed E-state index contributed by atoms with van der Waals surface area (Å²) in [6.07, 6.45) is 8.40. The molecule has 1 aliphatic heterocycles. The topological polar surface area (TPSA) is 63.2 Å². The molecule has 1 N–H and O–H groups in total. The van der Waals surface area contributed by atoms with E-state index in [9.17, 15) is 0 Å². The van der Waals surface area contributed by atoms with Crippen LogP contribution in [0.2, 0.25) is 0 Å². The van der Waals surface area contributed by atoms with Gasteiger partial charge in [0.15, 0.2) is 0 Å². The molecule has 0 aromatic carbocycles. The van der Waals surface area contributed by atoms with E-state index < -0.39 is 0 Å². The second-order valence-electron chi connectivity index (χ2n) is 5.59. The number of hydrogen-bond acceptors (Lipinski definition) is 6. The van der Waals surface area contributed by atoms with Crippen LogP contribution in [0.15, 0.2) is 36.9 Å². The number of anilines is 1. The fraction of sp³-hybridized carbons (Fsp3) is 0.471. The maximum absolute atomic E-state index is 5.47. The maximum atomic E-state index is 5.47. The zero-order valence-corrected chi connectivity index (χ0v) is 13.5. The Morgan fingerprint density at radius 2 is 1.87 bits per heavy atom. The Kier molecular flexibility index (Phi) is 5.50. The van der Waals surface area contributed by atoms with Crippen molar-refractivity contribution in [1.29, 1.82) is 0 Å². The van der Waals surface area contributed by atoms with E-state index in [2.05, 4.69) is 44.2 Å². The highest BCUT2D eigenvalue weighted by Gasteiger charge is 2.22. The Morgan fingerprint density at radius 1 is 1.17 bits per heavy atom. The molecule has 122 valence electrons.